The first-order valence-electron chi connectivity index (χ1n) is 7.98. The lowest BCUT2D eigenvalue weighted by atomic mass is 10.2. The van der Waals surface area contributed by atoms with Gasteiger partial charge in [0.2, 0.25) is 5.91 Å². The molecule has 1 fully saturated rings. The number of para-hydroxylation sites is 1. The highest BCUT2D eigenvalue weighted by atomic mass is 16.2. The largest absolute Gasteiger partial charge is 0.352 e. The second-order valence-corrected chi connectivity index (χ2v) is 5.40. The number of ketones is 1. The average Bonchev–Trinajstić information content (AvgIpc) is 2.59. The fraction of sp³-hybridized carbons (Fsp3) is 0.294. The maximum Gasteiger partial charge on any atom is 0.246 e. The second-order valence-electron chi connectivity index (χ2n) is 5.40. The Morgan fingerprint density at radius 1 is 1.17 bits per heavy atom. The zero-order valence-electron chi connectivity index (χ0n) is 13.9. The molecule has 0 atom stereocenters. The summed E-state index contributed by atoms with van der Waals surface area (Å²) in [6, 6.07) is 5.70. The topological polar surface area (TPSA) is 66.4 Å². The Balaban J connectivity index is 1.74. The van der Waals surface area contributed by atoms with Crippen LogP contribution in [0.2, 0.25) is 0 Å². The van der Waals surface area contributed by atoms with Crippen LogP contribution in [0, 0.1) is 0 Å². The number of nitrogens with zero attached hydrogens (tertiary/aromatic N) is 4. The molecule has 118 valence electrons. The van der Waals surface area contributed by atoms with E-state index in [0.29, 0.717) is 32.2 Å². The van der Waals surface area contributed by atoms with Gasteiger partial charge in [0.25, 0.3) is 0 Å². The molecule has 0 aliphatic carbocycles. The SMILES string of the molecule is [2H]c1ccc2ncnc(N3CCN(C(=O)C=CC(C)=O)CC3)c2c1. The molecular weight excluding hydrogens is 292 g/mol. The minimum atomic E-state index is -0.147. The number of aromatic nitrogens is 2. The molecule has 1 aliphatic heterocycles. The smallest absolute Gasteiger partial charge is 0.246 e. The molecule has 1 aromatic carbocycles. The predicted octanol–water partition coefficient (Wildman–Crippen LogP) is 1.42. The number of hydrogen-bond acceptors (Lipinski definition) is 5. The molecule has 2 aromatic rings. The Morgan fingerprint density at radius 3 is 2.70 bits per heavy atom. The Hall–Kier alpha value is -2.76. The highest BCUT2D eigenvalue weighted by Crippen LogP contribution is 2.23. The molecule has 0 radical (unpaired) electrons. The van der Waals surface area contributed by atoms with Crippen molar-refractivity contribution in [1.29, 1.82) is 0 Å². The number of carbonyl (C=O) groups excluding carboxylic acids is 2. The van der Waals surface area contributed by atoms with Crippen LogP contribution < -0.4 is 4.90 Å². The van der Waals surface area contributed by atoms with Crippen LogP contribution in [0.15, 0.2) is 42.7 Å². The van der Waals surface area contributed by atoms with Crippen LogP contribution in [0.1, 0.15) is 8.29 Å². The number of allylic oxidation sites excluding steroid dienone is 1. The molecule has 23 heavy (non-hydrogen) atoms. The van der Waals surface area contributed by atoms with Crippen molar-refractivity contribution in [2.24, 2.45) is 0 Å². The lowest BCUT2D eigenvalue weighted by molar-refractivity contribution is -0.126. The first-order chi connectivity index (χ1) is 11.5. The first kappa shape index (κ1) is 13.9. The van der Waals surface area contributed by atoms with Crippen LogP contribution in [0.5, 0.6) is 0 Å². The third kappa shape index (κ3) is 3.36. The van der Waals surface area contributed by atoms with Crippen LogP contribution >= 0.6 is 0 Å². The van der Waals surface area contributed by atoms with Crippen molar-refractivity contribution in [3.05, 3.63) is 42.7 Å². The van der Waals surface area contributed by atoms with E-state index < -0.39 is 0 Å². The fourth-order valence-electron chi connectivity index (χ4n) is 2.61. The second kappa shape index (κ2) is 6.56. The lowest BCUT2D eigenvalue weighted by Crippen LogP contribution is -2.48. The first-order valence-corrected chi connectivity index (χ1v) is 7.48. The van der Waals surface area contributed by atoms with Gasteiger partial charge in [-0.3, -0.25) is 9.59 Å². The summed E-state index contributed by atoms with van der Waals surface area (Å²) in [6.07, 6.45) is 4.14. The fourth-order valence-corrected chi connectivity index (χ4v) is 2.61. The zero-order chi connectivity index (χ0) is 17.1. The van der Waals surface area contributed by atoms with Gasteiger partial charge in [-0.05, 0) is 25.1 Å². The molecule has 0 unspecified atom stereocenters. The minimum Gasteiger partial charge on any atom is -0.352 e. The van der Waals surface area contributed by atoms with Gasteiger partial charge in [0.15, 0.2) is 5.78 Å². The van der Waals surface area contributed by atoms with E-state index in [1.807, 2.05) is 6.07 Å². The lowest BCUT2D eigenvalue weighted by Gasteiger charge is -2.35. The summed E-state index contributed by atoms with van der Waals surface area (Å²) in [5.74, 6) is 0.506. The van der Waals surface area contributed by atoms with Crippen LogP contribution in [0.4, 0.5) is 5.82 Å². The summed E-state index contributed by atoms with van der Waals surface area (Å²) in [6.45, 7) is 3.84. The van der Waals surface area contributed by atoms with E-state index in [9.17, 15) is 9.59 Å². The molecule has 0 saturated carbocycles. The maximum atomic E-state index is 12.0. The van der Waals surface area contributed by atoms with Gasteiger partial charge in [0, 0.05) is 37.6 Å². The number of amides is 1. The number of piperazine rings is 1. The van der Waals surface area contributed by atoms with Gasteiger partial charge in [-0.2, -0.15) is 0 Å². The van der Waals surface area contributed by atoms with E-state index in [2.05, 4.69) is 14.9 Å². The molecule has 1 saturated heterocycles. The van der Waals surface area contributed by atoms with Gasteiger partial charge < -0.3 is 9.80 Å². The van der Waals surface area contributed by atoms with E-state index in [-0.39, 0.29) is 11.7 Å². The standard InChI is InChI=1S/C17H18N4O2/c1-13(22)6-7-16(23)20-8-10-21(11-9-20)17-14-4-2-3-5-15(14)18-12-19-17/h2-7,12H,8-11H2,1H3/i2D. The maximum absolute atomic E-state index is 12.0. The number of rotatable bonds is 3. The Bertz CT molecular complexity index is 813. The Kier molecular flexibility index (Phi) is 3.96. The number of fused-ring (bicyclic) bond motifs is 1. The highest BCUT2D eigenvalue weighted by molar-refractivity contribution is 5.96. The van der Waals surface area contributed by atoms with E-state index in [1.54, 1.807) is 17.0 Å². The van der Waals surface area contributed by atoms with E-state index >= 15 is 0 Å². The van der Waals surface area contributed by atoms with Crippen molar-refractivity contribution in [3.8, 4) is 0 Å². The van der Waals surface area contributed by atoms with Crippen molar-refractivity contribution in [2.45, 2.75) is 6.92 Å². The van der Waals surface area contributed by atoms with Crippen molar-refractivity contribution >= 4 is 28.4 Å². The molecule has 0 spiro atoms. The Labute approximate surface area is 135 Å². The molecule has 1 aliphatic rings. The minimum absolute atomic E-state index is 0.138. The number of carbonyl (C=O) groups is 2. The molecule has 0 N–H and O–H groups in total. The summed E-state index contributed by atoms with van der Waals surface area (Å²) in [5.41, 5.74) is 0.805. The summed E-state index contributed by atoms with van der Waals surface area (Å²) >= 11 is 0. The molecule has 1 aromatic heterocycles. The monoisotopic (exact) mass is 311 g/mol. The predicted molar refractivity (Wildman–Crippen MR) is 88.2 cm³/mol. The average molecular weight is 311 g/mol. The van der Waals surface area contributed by atoms with Gasteiger partial charge >= 0.3 is 0 Å². The quantitative estimate of drug-likeness (QED) is 0.802. The molecule has 6 heteroatoms. The molecule has 2 heterocycles. The molecule has 3 rings (SSSR count). The van der Waals surface area contributed by atoms with Gasteiger partial charge in [-0.25, -0.2) is 9.97 Å². The van der Waals surface area contributed by atoms with E-state index in [0.717, 1.165) is 16.7 Å². The molecule has 6 nitrogen and oxygen atoms in total. The van der Waals surface area contributed by atoms with Gasteiger partial charge in [-0.15, -0.1) is 0 Å². The summed E-state index contributed by atoms with van der Waals surface area (Å²) < 4.78 is 7.79. The van der Waals surface area contributed by atoms with Crippen molar-refractivity contribution in [1.82, 2.24) is 14.9 Å². The normalized spacial score (nSPS) is 16.0. The zero-order valence-corrected chi connectivity index (χ0v) is 12.9. The van der Waals surface area contributed by atoms with Crippen LogP contribution in [0.3, 0.4) is 0 Å². The summed E-state index contributed by atoms with van der Waals surface area (Å²) in [4.78, 5) is 35.4. The van der Waals surface area contributed by atoms with Crippen LogP contribution in [0.25, 0.3) is 10.9 Å². The van der Waals surface area contributed by atoms with Gasteiger partial charge in [-0.1, -0.05) is 12.1 Å². The molecule has 0 bridgehead atoms. The van der Waals surface area contributed by atoms with Crippen molar-refractivity contribution < 1.29 is 11.0 Å². The van der Waals surface area contributed by atoms with Crippen molar-refractivity contribution in [2.75, 3.05) is 31.1 Å². The van der Waals surface area contributed by atoms with Gasteiger partial charge in [0.1, 0.15) is 12.1 Å². The van der Waals surface area contributed by atoms with E-state index in [4.69, 9.17) is 1.37 Å². The molecule has 1 amide bonds. The highest BCUT2D eigenvalue weighted by Gasteiger charge is 2.21. The third-order valence-corrected chi connectivity index (χ3v) is 3.81. The number of anilines is 1. The number of hydrogen-bond donors (Lipinski definition) is 0. The Morgan fingerprint density at radius 2 is 1.96 bits per heavy atom. The van der Waals surface area contributed by atoms with Crippen LogP contribution in [-0.4, -0.2) is 52.7 Å². The van der Waals surface area contributed by atoms with E-state index in [1.165, 1.54) is 25.4 Å². The molecular formula is C17H18N4O2. The third-order valence-electron chi connectivity index (χ3n) is 3.81. The van der Waals surface area contributed by atoms with Crippen LogP contribution in [-0.2, 0) is 9.59 Å². The summed E-state index contributed by atoms with van der Waals surface area (Å²) in [5, 5.41) is 0.848. The van der Waals surface area contributed by atoms with Crippen molar-refractivity contribution in [3.63, 3.8) is 0 Å². The summed E-state index contributed by atoms with van der Waals surface area (Å²) in [7, 11) is 0. The number of benzene rings is 1. The van der Waals surface area contributed by atoms with Gasteiger partial charge in [0.05, 0.1) is 6.89 Å².